The summed E-state index contributed by atoms with van der Waals surface area (Å²) in [5.41, 5.74) is 3.67. The van der Waals surface area contributed by atoms with Crippen LogP contribution in [0.4, 0.5) is 5.95 Å². The fourth-order valence-electron chi connectivity index (χ4n) is 2.49. The summed E-state index contributed by atoms with van der Waals surface area (Å²) in [7, 11) is 1.57. The molecule has 10 heteroatoms. The van der Waals surface area contributed by atoms with Crippen LogP contribution in [0.25, 0.3) is 11.3 Å². The van der Waals surface area contributed by atoms with E-state index in [0.717, 1.165) is 6.42 Å². The van der Waals surface area contributed by atoms with E-state index in [9.17, 15) is 4.79 Å². The molecule has 0 atom stereocenters. The Labute approximate surface area is 182 Å². The molecule has 1 aromatic heterocycles. The minimum Gasteiger partial charge on any atom is -0.497 e. The average Bonchev–Trinajstić information content (AvgIpc) is 2.73. The zero-order valence-electron chi connectivity index (χ0n) is 16.3. The molecule has 0 unspecified atom stereocenters. The summed E-state index contributed by atoms with van der Waals surface area (Å²) in [6.45, 7) is 2.51. The molecular formula is C20H19Cl2N5O3. The Hall–Kier alpha value is -3.10. The van der Waals surface area contributed by atoms with Gasteiger partial charge in [-0.05, 0) is 48.4 Å². The molecule has 0 spiro atoms. The largest absolute Gasteiger partial charge is 0.497 e. The van der Waals surface area contributed by atoms with E-state index < -0.39 is 5.56 Å². The molecule has 0 fully saturated rings. The highest BCUT2D eigenvalue weighted by Gasteiger charge is 2.10. The van der Waals surface area contributed by atoms with Crippen LogP contribution in [0, 0.1) is 0 Å². The van der Waals surface area contributed by atoms with Gasteiger partial charge in [0, 0.05) is 5.56 Å². The molecule has 8 nitrogen and oxygen atoms in total. The Morgan fingerprint density at radius 2 is 1.87 bits per heavy atom. The zero-order chi connectivity index (χ0) is 21.5. The Morgan fingerprint density at radius 3 is 2.47 bits per heavy atom. The lowest BCUT2D eigenvalue weighted by molar-refractivity contribution is 0.318. The van der Waals surface area contributed by atoms with Crippen molar-refractivity contribution in [2.75, 3.05) is 19.1 Å². The number of aromatic amines is 1. The van der Waals surface area contributed by atoms with Gasteiger partial charge in [0.2, 0.25) is 5.95 Å². The summed E-state index contributed by atoms with van der Waals surface area (Å²) in [6.07, 6.45) is 2.33. The van der Waals surface area contributed by atoms with Gasteiger partial charge >= 0.3 is 0 Å². The van der Waals surface area contributed by atoms with E-state index in [1.807, 2.05) is 6.92 Å². The van der Waals surface area contributed by atoms with Crippen molar-refractivity contribution in [3.63, 3.8) is 0 Å². The molecule has 30 heavy (non-hydrogen) atoms. The highest BCUT2D eigenvalue weighted by molar-refractivity contribution is 6.37. The molecule has 3 aromatic rings. The van der Waals surface area contributed by atoms with Crippen molar-refractivity contribution in [1.82, 2.24) is 15.2 Å². The van der Waals surface area contributed by atoms with Crippen LogP contribution < -0.4 is 20.5 Å². The standard InChI is InChI=1S/C20H19Cl2N5O3/c1-3-8-30-18-15(21)9-12(10-16(18)22)11-23-26-20-24-19(28)17(25-27-20)13-4-6-14(29-2)7-5-13/h4-7,9-11H,3,8H2,1-2H3,(H2,24,26,27,28)/b23-11+. The minimum absolute atomic E-state index is 0.0913. The van der Waals surface area contributed by atoms with E-state index in [1.54, 1.807) is 43.5 Å². The smallest absolute Gasteiger partial charge is 0.279 e. The SMILES string of the molecule is CCCOc1c(Cl)cc(/C=N/Nc2nnc(-c3ccc(OC)cc3)c(=O)[nH]2)cc1Cl. The summed E-state index contributed by atoms with van der Waals surface area (Å²) in [6, 6.07) is 10.3. The number of methoxy groups -OCH3 is 1. The first kappa shape index (κ1) is 21.6. The van der Waals surface area contributed by atoms with Gasteiger partial charge in [-0.1, -0.05) is 30.1 Å². The Kier molecular flexibility index (Phi) is 7.26. The molecule has 156 valence electrons. The molecule has 0 amide bonds. The monoisotopic (exact) mass is 447 g/mol. The topological polar surface area (TPSA) is 101 Å². The molecule has 0 radical (unpaired) electrons. The van der Waals surface area contributed by atoms with Crippen molar-refractivity contribution in [3.05, 3.63) is 62.4 Å². The number of aromatic nitrogens is 3. The summed E-state index contributed by atoms with van der Waals surface area (Å²) in [5, 5.41) is 12.7. The molecule has 1 heterocycles. The average molecular weight is 448 g/mol. The van der Waals surface area contributed by atoms with Crippen molar-refractivity contribution in [2.45, 2.75) is 13.3 Å². The molecule has 2 aromatic carbocycles. The normalized spacial score (nSPS) is 10.9. The highest BCUT2D eigenvalue weighted by atomic mass is 35.5. The van der Waals surface area contributed by atoms with Crippen LogP contribution in [0.5, 0.6) is 11.5 Å². The van der Waals surface area contributed by atoms with Gasteiger partial charge in [0.15, 0.2) is 11.4 Å². The van der Waals surface area contributed by atoms with Crippen LogP contribution in [-0.4, -0.2) is 35.1 Å². The molecule has 0 aliphatic carbocycles. The fraction of sp³-hybridized carbons (Fsp3) is 0.200. The lowest BCUT2D eigenvalue weighted by atomic mass is 10.1. The maximum atomic E-state index is 12.3. The maximum absolute atomic E-state index is 12.3. The number of anilines is 1. The number of ether oxygens (including phenoxy) is 2. The van der Waals surface area contributed by atoms with Gasteiger partial charge in [-0.15, -0.1) is 10.2 Å². The third-order valence-corrected chi connectivity index (χ3v) is 4.48. The number of halogens is 2. The first-order valence-corrected chi connectivity index (χ1v) is 9.79. The van der Waals surface area contributed by atoms with Crippen LogP contribution in [0.2, 0.25) is 10.0 Å². The van der Waals surface area contributed by atoms with Crippen LogP contribution in [0.15, 0.2) is 46.3 Å². The molecule has 0 aliphatic rings. The maximum Gasteiger partial charge on any atom is 0.279 e. The predicted molar refractivity (Wildman–Crippen MR) is 118 cm³/mol. The number of nitrogens with zero attached hydrogens (tertiary/aromatic N) is 3. The first-order chi connectivity index (χ1) is 14.5. The number of hydrogen-bond donors (Lipinski definition) is 2. The van der Waals surface area contributed by atoms with Crippen molar-refractivity contribution < 1.29 is 9.47 Å². The van der Waals surface area contributed by atoms with Crippen LogP contribution in [0.1, 0.15) is 18.9 Å². The van der Waals surface area contributed by atoms with Gasteiger partial charge in [-0.3, -0.25) is 9.78 Å². The quantitative estimate of drug-likeness (QED) is 0.392. The Bertz CT molecular complexity index is 1080. The highest BCUT2D eigenvalue weighted by Crippen LogP contribution is 2.33. The van der Waals surface area contributed by atoms with E-state index >= 15 is 0 Å². The van der Waals surface area contributed by atoms with E-state index in [0.29, 0.717) is 39.3 Å². The van der Waals surface area contributed by atoms with E-state index in [-0.39, 0.29) is 11.6 Å². The van der Waals surface area contributed by atoms with Crippen molar-refractivity contribution in [2.24, 2.45) is 5.10 Å². The number of benzene rings is 2. The Morgan fingerprint density at radius 1 is 1.17 bits per heavy atom. The van der Waals surface area contributed by atoms with Crippen LogP contribution in [-0.2, 0) is 0 Å². The molecule has 2 N–H and O–H groups in total. The number of nitrogens with one attached hydrogen (secondary N) is 2. The fourth-order valence-corrected chi connectivity index (χ4v) is 3.10. The van der Waals surface area contributed by atoms with Gasteiger partial charge in [-0.2, -0.15) is 5.10 Å². The third-order valence-electron chi connectivity index (χ3n) is 3.92. The van der Waals surface area contributed by atoms with E-state index in [4.69, 9.17) is 32.7 Å². The second-order valence-electron chi connectivity index (χ2n) is 6.11. The number of hydrazone groups is 1. The number of hydrogen-bond acceptors (Lipinski definition) is 7. The van der Waals surface area contributed by atoms with Crippen molar-refractivity contribution >= 4 is 35.4 Å². The van der Waals surface area contributed by atoms with E-state index in [1.165, 1.54) is 6.21 Å². The van der Waals surface area contributed by atoms with Gasteiger partial charge in [0.1, 0.15) is 5.75 Å². The van der Waals surface area contributed by atoms with Crippen molar-refractivity contribution in [3.8, 4) is 22.8 Å². The van der Waals surface area contributed by atoms with Gasteiger partial charge in [-0.25, -0.2) is 5.43 Å². The summed E-state index contributed by atoms with van der Waals surface area (Å²) in [4.78, 5) is 14.9. The number of H-pyrrole nitrogens is 1. The molecule has 0 saturated carbocycles. The molecule has 0 aliphatic heterocycles. The third kappa shape index (κ3) is 5.28. The van der Waals surface area contributed by atoms with Gasteiger partial charge < -0.3 is 9.47 Å². The second kappa shape index (κ2) is 10.1. The molecule has 0 bridgehead atoms. The summed E-state index contributed by atoms with van der Waals surface area (Å²) >= 11 is 12.4. The second-order valence-corrected chi connectivity index (χ2v) is 6.93. The zero-order valence-corrected chi connectivity index (χ0v) is 17.8. The van der Waals surface area contributed by atoms with E-state index in [2.05, 4.69) is 25.7 Å². The first-order valence-electron chi connectivity index (χ1n) is 9.04. The summed E-state index contributed by atoms with van der Waals surface area (Å²) < 4.78 is 10.6. The lowest BCUT2D eigenvalue weighted by Crippen LogP contribution is -2.15. The molecular weight excluding hydrogens is 429 g/mol. The van der Waals surface area contributed by atoms with Gasteiger partial charge in [0.05, 0.1) is 30.0 Å². The predicted octanol–water partition coefficient (Wildman–Crippen LogP) is 4.38. The lowest BCUT2D eigenvalue weighted by Gasteiger charge is -2.09. The van der Waals surface area contributed by atoms with Crippen LogP contribution >= 0.6 is 23.2 Å². The van der Waals surface area contributed by atoms with Crippen molar-refractivity contribution in [1.29, 1.82) is 0 Å². The van der Waals surface area contributed by atoms with Gasteiger partial charge in [0.25, 0.3) is 5.56 Å². The molecule has 3 rings (SSSR count). The van der Waals surface area contributed by atoms with Crippen LogP contribution in [0.3, 0.4) is 0 Å². The minimum atomic E-state index is -0.406. The molecule has 0 saturated heterocycles. The number of rotatable bonds is 8. The Balaban J connectivity index is 1.70. The summed E-state index contributed by atoms with van der Waals surface area (Å²) in [5.74, 6) is 1.21.